The number of piperidine rings is 1. The molecule has 3 aromatic rings. The number of benzene rings is 1. The van der Waals surface area contributed by atoms with Crippen molar-refractivity contribution in [3.8, 4) is 22.7 Å². The third kappa shape index (κ3) is 3.17. The van der Waals surface area contributed by atoms with E-state index in [0.29, 0.717) is 17.0 Å². The van der Waals surface area contributed by atoms with Crippen LogP contribution >= 0.6 is 0 Å². The van der Waals surface area contributed by atoms with Gasteiger partial charge in [0.1, 0.15) is 18.1 Å². The molecular weight excluding hydrogens is 388 g/mol. The van der Waals surface area contributed by atoms with E-state index in [2.05, 4.69) is 26.8 Å². The van der Waals surface area contributed by atoms with Gasteiger partial charge in [0.15, 0.2) is 0 Å². The van der Waals surface area contributed by atoms with Gasteiger partial charge in [-0.3, -0.25) is 9.97 Å². The second kappa shape index (κ2) is 7.28. The Morgan fingerprint density at radius 2 is 2.10 bits per heavy atom. The molecule has 2 fully saturated rings. The fourth-order valence-corrected chi connectivity index (χ4v) is 4.03. The summed E-state index contributed by atoms with van der Waals surface area (Å²) in [5, 5.41) is 13.0. The molecule has 2 bridgehead atoms. The van der Waals surface area contributed by atoms with Crippen LogP contribution in [0.15, 0.2) is 55.9 Å². The monoisotopic (exact) mass is 411 g/mol. The number of hydrogen-bond acceptors (Lipinski definition) is 5. The maximum absolute atomic E-state index is 15.1. The Morgan fingerprint density at radius 1 is 1.23 bits per heavy atom. The average Bonchev–Trinajstić information content (AvgIpc) is 3.37. The van der Waals surface area contributed by atoms with Crippen molar-refractivity contribution in [1.29, 1.82) is 0 Å². The van der Waals surface area contributed by atoms with Gasteiger partial charge in [-0.05, 0) is 30.5 Å². The lowest BCUT2D eigenvalue weighted by atomic mass is 9.83. The van der Waals surface area contributed by atoms with E-state index in [1.807, 2.05) is 0 Å². The predicted octanol–water partition coefficient (Wildman–Crippen LogP) is 3.47. The third-order valence-corrected chi connectivity index (χ3v) is 5.71. The molecule has 0 saturated carbocycles. The zero-order valence-corrected chi connectivity index (χ0v) is 16.0. The second-order valence-corrected chi connectivity index (χ2v) is 7.54. The number of hydrogen-bond donors (Lipinski definition) is 2. The first-order chi connectivity index (χ1) is 15.2. The number of nitrogens with one attached hydrogen (secondary N) is 1. The molecule has 0 amide bonds. The van der Waals surface area contributed by atoms with Crippen LogP contribution in [0.3, 0.4) is 0 Å². The summed E-state index contributed by atoms with van der Waals surface area (Å²) < 4.78 is 47.7. The molecule has 0 radical (unpaired) electrons. The molecule has 0 aliphatic carbocycles. The van der Waals surface area contributed by atoms with E-state index in [1.54, 1.807) is 41.5 Å². The average molecular weight is 411 g/mol. The maximum atomic E-state index is 15.1. The number of halogens is 2. The van der Waals surface area contributed by atoms with E-state index < -0.39 is 30.3 Å². The molecule has 8 heteroatoms. The van der Waals surface area contributed by atoms with Crippen LogP contribution in [0.2, 0.25) is 0 Å². The zero-order chi connectivity index (χ0) is 22.7. The van der Waals surface area contributed by atoms with E-state index in [0.717, 1.165) is 5.69 Å². The Hall–Kier alpha value is -3.13. The Labute approximate surface area is 175 Å². The van der Waals surface area contributed by atoms with Gasteiger partial charge in [-0.2, -0.15) is 0 Å². The van der Waals surface area contributed by atoms with Gasteiger partial charge < -0.3 is 15.0 Å². The molecular formula is C22H21F2N5O. The lowest BCUT2D eigenvalue weighted by molar-refractivity contribution is 0.163. The standard InChI is InChI=1S/C22H21F2N5O/c1-12(15-7-17-16(23)8-18(28-17)22(15)24)19-9-27-20(10-26-19)14-3-2-13(6-21(14)30)29-5-4-25-11-29/h2-6,9-11,15-18,22,28,30H,1,7-8H2/t15-,16+,17-,18-,22-/m0/s1/i17D,18D. The molecule has 2 aliphatic heterocycles. The molecule has 4 heterocycles. The van der Waals surface area contributed by atoms with Gasteiger partial charge in [0.05, 0.1) is 35.8 Å². The number of imidazole rings is 1. The van der Waals surface area contributed by atoms with Crippen molar-refractivity contribution in [2.24, 2.45) is 5.92 Å². The lowest BCUT2D eigenvalue weighted by Crippen LogP contribution is -2.48. The van der Waals surface area contributed by atoms with Gasteiger partial charge in [-0.25, -0.2) is 13.8 Å². The first kappa shape index (κ1) is 16.6. The zero-order valence-electron chi connectivity index (χ0n) is 18.0. The van der Waals surface area contributed by atoms with Gasteiger partial charge in [0.2, 0.25) is 0 Å². The van der Waals surface area contributed by atoms with Crippen molar-refractivity contribution in [2.75, 3.05) is 0 Å². The topological polar surface area (TPSA) is 75.9 Å². The molecule has 2 N–H and O–H groups in total. The molecule has 2 aliphatic rings. The lowest BCUT2D eigenvalue weighted by Gasteiger charge is -2.33. The Kier molecular flexibility index (Phi) is 4.04. The fraction of sp³-hybridized carbons (Fsp3) is 0.318. The van der Waals surface area contributed by atoms with Gasteiger partial charge in [-0.15, -0.1) is 0 Å². The van der Waals surface area contributed by atoms with Crippen molar-refractivity contribution >= 4 is 5.57 Å². The van der Waals surface area contributed by atoms with Crippen molar-refractivity contribution in [3.05, 3.63) is 61.6 Å². The summed E-state index contributed by atoms with van der Waals surface area (Å²) in [5.74, 6) is -0.910. The molecule has 5 rings (SSSR count). The summed E-state index contributed by atoms with van der Waals surface area (Å²) in [7, 11) is 0. The number of alkyl halides is 2. The van der Waals surface area contributed by atoms with E-state index >= 15 is 4.39 Å². The Balaban J connectivity index is 1.39. The molecule has 6 nitrogen and oxygen atoms in total. The van der Waals surface area contributed by atoms with Crippen LogP contribution in [0.5, 0.6) is 5.75 Å². The van der Waals surface area contributed by atoms with E-state index in [1.165, 1.54) is 12.4 Å². The predicted molar refractivity (Wildman–Crippen MR) is 109 cm³/mol. The Morgan fingerprint density at radius 3 is 2.80 bits per heavy atom. The number of rotatable bonds is 4. The van der Waals surface area contributed by atoms with E-state index in [4.69, 9.17) is 2.74 Å². The highest BCUT2D eigenvalue weighted by molar-refractivity contribution is 5.69. The second-order valence-electron chi connectivity index (χ2n) is 7.54. The van der Waals surface area contributed by atoms with Crippen molar-refractivity contribution in [2.45, 2.75) is 37.2 Å². The molecule has 2 saturated heterocycles. The number of phenols is 1. The smallest absolute Gasteiger partial charge is 0.127 e. The minimum Gasteiger partial charge on any atom is -0.507 e. The molecule has 0 spiro atoms. The molecule has 5 atom stereocenters. The SMILES string of the molecule is [2H][C@]12C[C@@H](C(=C)c3cnc(-c4ccc(-n5ccnc5)cc4O)cn3)[C@H](F)[C@]([2H])(C[C@H]1F)N2. The Bertz CT molecular complexity index is 1180. The highest BCUT2D eigenvalue weighted by atomic mass is 19.1. The van der Waals surface area contributed by atoms with Crippen LogP contribution in [-0.4, -0.2) is 49.0 Å². The van der Waals surface area contributed by atoms with E-state index in [9.17, 15) is 9.50 Å². The van der Waals surface area contributed by atoms with Gasteiger partial charge in [0.25, 0.3) is 0 Å². The van der Waals surface area contributed by atoms with Crippen LogP contribution in [0, 0.1) is 5.92 Å². The molecule has 30 heavy (non-hydrogen) atoms. The van der Waals surface area contributed by atoms with Crippen LogP contribution in [-0.2, 0) is 0 Å². The maximum Gasteiger partial charge on any atom is 0.127 e. The number of fused-ring (bicyclic) bond motifs is 2. The van der Waals surface area contributed by atoms with Crippen molar-refractivity contribution < 1.29 is 16.6 Å². The van der Waals surface area contributed by atoms with Crippen LogP contribution in [0.25, 0.3) is 22.5 Å². The minimum absolute atomic E-state index is 0.0112. The van der Waals surface area contributed by atoms with Gasteiger partial charge >= 0.3 is 0 Å². The third-order valence-electron chi connectivity index (χ3n) is 5.71. The number of phenolic OH excluding ortho intramolecular Hbond substituents is 1. The quantitative estimate of drug-likeness (QED) is 0.688. The van der Waals surface area contributed by atoms with Crippen LogP contribution in [0.1, 0.15) is 21.3 Å². The normalized spacial score (nSPS) is 33.7. The summed E-state index contributed by atoms with van der Waals surface area (Å²) in [5.41, 5.74) is 2.20. The van der Waals surface area contributed by atoms with E-state index in [-0.39, 0.29) is 24.2 Å². The molecule has 0 unspecified atom stereocenters. The summed E-state index contributed by atoms with van der Waals surface area (Å²) in [6.45, 7) is 3.93. The molecule has 2 aromatic heterocycles. The summed E-state index contributed by atoms with van der Waals surface area (Å²) in [6, 6.07) is 1.52. The first-order valence-electron chi connectivity index (χ1n) is 10.6. The van der Waals surface area contributed by atoms with Crippen LogP contribution in [0.4, 0.5) is 8.78 Å². The number of aromatic hydroxyl groups is 1. The largest absolute Gasteiger partial charge is 0.507 e. The fourth-order valence-electron chi connectivity index (χ4n) is 4.03. The highest BCUT2D eigenvalue weighted by Crippen LogP contribution is 2.40. The molecule has 154 valence electrons. The number of aromatic nitrogens is 4. The summed E-state index contributed by atoms with van der Waals surface area (Å²) in [6.07, 6.45) is 4.00. The van der Waals surface area contributed by atoms with Crippen LogP contribution < -0.4 is 5.32 Å². The van der Waals surface area contributed by atoms with Gasteiger partial charge in [0, 0.05) is 44.7 Å². The number of nitrogens with zero attached hydrogens (tertiary/aromatic N) is 4. The summed E-state index contributed by atoms with van der Waals surface area (Å²) >= 11 is 0. The highest BCUT2D eigenvalue weighted by Gasteiger charge is 2.48. The van der Waals surface area contributed by atoms with Gasteiger partial charge in [-0.1, -0.05) is 6.58 Å². The van der Waals surface area contributed by atoms with Crippen molar-refractivity contribution in [3.63, 3.8) is 0 Å². The first-order valence-corrected chi connectivity index (χ1v) is 9.61. The molecule has 1 aromatic carbocycles. The number of allylic oxidation sites excluding steroid dienone is 1. The van der Waals surface area contributed by atoms with Crippen molar-refractivity contribution in [1.82, 2.24) is 24.8 Å². The summed E-state index contributed by atoms with van der Waals surface area (Å²) in [4.78, 5) is 12.6. The minimum atomic E-state index is -1.86.